The predicted molar refractivity (Wildman–Crippen MR) is 71.2 cm³/mol. The molecule has 0 radical (unpaired) electrons. The highest BCUT2D eigenvalue weighted by molar-refractivity contribution is 6.33. The highest BCUT2D eigenvalue weighted by Gasteiger charge is 2.11. The number of nitrogens with one attached hydrogen (secondary N) is 1. The smallest absolute Gasteiger partial charge is 0.257 e. The summed E-state index contributed by atoms with van der Waals surface area (Å²) in [6, 6.07) is 3.29. The van der Waals surface area contributed by atoms with E-state index in [0.717, 1.165) is 5.56 Å². The Kier molecular flexibility index (Phi) is 3.79. The molecule has 0 saturated carbocycles. The van der Waals surface area contributed by atoms with Gasteiger partial charge >= 0.3 is 0 Å². The van der Waals surface area contributed by atoms with Crippen LogP contribution in [0.3, 0.4) is 0 Å². The number of pyridine rings is 2. The van der Waals surface area contributed by atoms with Gasteiger partial charge in [0.2, 0.25) is 0 Å². The van der Waals surface area contributed by atoms with Crippen LogP contribution >= 0.6 is 23.2 Å². The maximum absolute atomic E-state index is 12.0. The molecule has 4 nitrogen and oxygen atoms in total. The Hall–Kier alpha value is -1.65. The Balaban J connectivity index is 2.27. The highest BCUT2D eigenvalue weighted by atomic mass is 35.5. The number of rotatable bonds is 2. The van der Waals surface area contributed by atoms with E-state index >= 15 is 0 Å². The number of amides is 1. The fourth-order valence-electron chi connectivity index (χ4n) is 1.40. The number of halogens is 2. The molecule has 2 heterocycles. The van der Waals surface area contributed by atoms with Crippen LogP contribution in [-0.4, -0.2) is 15.9 Å². The second-order valence-electron chi connectivity index (χ2n) is 3.64. The van der Waals surface area contributed by atoms with E-state index in [1.54, 1.807) is 12.3 Å². The minimum absolute atomic E-state index is 0.248. The highest BCUT2D eigenvalue weighted by Crippen LogP contribution is 2.23. The number of anilines is 1. The Morgan fingerprint density at radius 2 is 2.11 bits per heavy atom. The van der Waals surface area contributed by atoms with Crippen LogP contribution in [0.25, 0.3) is 0 Å². The predicted octanol–water partition coefficient (Wildman–Crippen LogP) is 3.34. The summed E-state index contributed by atoms with van der Waals surface area (Å²) in [5.41, 5.74) is 1.68. The van der Waals surface area contributed by atoms with Gasteiger partial charge < -0.3 is 5.32 Å². The van der Waals surface area contributed by atoms with Crippen molar-refractivity contribution in [3.05, 3.63) is 52.0 Å². The van der Waals surface area contributed by atoms with Crippen LogP contribution in [0.15, 0.2) is 30.7 Å². The van der Waals surface area contributed by atoms with Gasteiger partial charge in [-0.25, -0.2) is 4.98 Å². The van der Waals surface area contributed by atoms with Crippen molar-refractivity contribution in [1.29, 1.82) is 0 Å². The molecule has 2 rings (SSSR count). The van der Waals surface area contributed by atoms with Crippen LogP contribution in [0, 0.1) is 6.92 Å². The van der Waals surface area contributed by atoms with Gasteiger partial charge in [0.1, 0.15) is 0 Å². The molecule has 1 N–H and O–H groups in total. The fraction of sp³-hybridized carbons (Fsp3) is 0.0833. The van der Waals surface area contributed by atoms with Gasteiger partial charge in [-0.2, -0.15) is 0 Å². The molecule has 0 aliphatic carbocycles. The second-order valence-corrected chi connectivity index (χ2v) is 4.43. The molecule has 0 atom stereocenters. The molecule has 92 valence electrons. The first kappa shape index (κ1) is 12.8. The zero-order valence-corrected chi connectivity index (χ0v) is 11.0. The molecule has 6 heteroatoms. The van der Waals surface area contributed by atoms with Crippen LogP contribution < -0.4 is 5.32 Å². The summed E-state index contributed by atoms with van der Waals surface area (Å²) in [5.74, 6) is -0.331. The number of carbonyl (C=O) groups excluding carboxylic acids is 1. The first-order valence-corrected chi connectivity index (χ1v) is 5.86. The Morgan fingerprint density at radius 3 is 2.78 bits per heavy atom. The van der Waals surface area contributed by atoms with Crippen LogP contribution in [0.2, 0.25) is 10.2 Å². The lowest BCUT2D eigenvalue weighted by molar-refractivity contribution is 0.102. The Bertz CT molecular complexity index is 581. The monoisotopic (exact) mass is 281 g/mol. The quantitative estimate of drug-likeness (QED) is 0.859. The summed E-state index contributed by atoms with van der Waals surface area (Å²) in [5, 5.41) is 3.34. The van der Waals surface area contributed by atoms with E-state index in [0.29, 0.717) is 16.3 Å². The summed E-state index contributed by atoms with van der Waals surface area (Å²) in [6.45, 7) is 1.83. The van der Waals surface area contributed by atoms with Gasteiger partial charge in [-0.05, 0) is 24.6 Å². The lowest BCUT2D eigenvalue weighted by Gasteiger charge is -2.09. The van der Waals surface area contributed by atoms with Gasteiger partial charge in [-0.1, -0.05) is 23.2 Å². The standard InChI is InChI=1S/C12H9Cl2N3O/c1-7-2-3-16-11(14)10(7)17-12(18)8-4-9(13)6-15-5-8/h2-6H,1H3,(H,17,18). The minimum atomic E-state index is -0.331. The molecule has 0 spiro atoms. The maximum Gasteiger partial charge on any atom is 0.257 e. The first-order chi connectivity index (χ1) is 8.58. The van der Waals surface area contributed by atoms with E-state index < -0.39 is 0 Å². The molecule has 0 aliphatic heterocycles. The normalized spacial score (nSPS) is 10.2. The van der Waals surface area contributed by atoms with Crippen molar-refractivity contribution in [2.45, 2.75) is 6.92 Å². The number of nitrogens with zero attached hydrogens (tertiary/aromatic N) is 2. The van der Waals surface area contributed by atoms with Gasteiger partial charge in [0, 0.05) is 18.6 Å². The van der Waals surface area contributed by atoms with Crippen molar-refractivity contribution in [3.8, 4) is 0 Å². The van der Waals surface area contributed by atoms with E-state index in [1.165, 1.54) is 18.5 Å². The molecule has 0 aromatic carbocycles. The molecule has 2 aromatic heterocycles. The van der Waals surface area contributed by atoms with Gasteiger partial charge in [-0.3, -0.25) is 9.78 Å². The maximum atomic E-state index is 12.0. The summed E-state index contributed by atoms with van der Waals surface area (Å²) in [7, 11) is 0. The molecule has 2 aromatic rings. The molecule has 1 amide bonds. The second kappa shape index (κ2) is 5.33. The Labute approximate surface area is 114 Å². The molecule has 18 heavy (non-hydrogen) atoms. The number of aryl methyl sites for hydroxylation is 1. The van der Waals surface area contributed by atoms with E-state index in [1.807, 2.05) is 6.92 Å². The van der Waals surface area contributed by atoms with Crippen molar-refractivity contribution in [2.75, 3.05) is 5.32 Å². The molecular weight excluding hydrogens is 273 g/mol. The molecule has 0 fully saturated rings. The lowest BCUT2D eigenvalue weighted by atomic mass is 10.2. The summed E-state index contributed by atoms with van der Waals surface area (Å²) >= 11 is 11.7. The number of aromatic nitrogens is 2. The van der Waals surface area contributed by atoms with Crippen molar-refractivity contribution < 1.29 is 4.79 Å². The largest absolute Gasteiger partial charge is 0.319 e. The SMILES string of the molecule is Cc1ccnc(Cl)c1NC(=O)c1cncc(Cl)c1. The van der Waals surface area contributed by atoms with Crippen LogP contribution in [0.5, 0.6) is 0 Å². The molecule has 0 unspecified atom stereocenters. The zero-order valence-electron chi connectivity index (χ0n) is 9.45. The third-order valence-corrected chi connectivity index (χ3v) is 2.81. The lowest BCUT2D eigenvalue weighted by Crippen LogP contribution is -2.13. The van der Waals surface area contributed by atoms with E-state index in [-0.39, 0.29) is 11.1 Å². The van der Waals surface area contributed by atoms with Crippen molar-refractivity contribution in [2.24, 2.45) is 0 Å². The number of hydrogen-bond acceptors (Lipinski definition) is 3. The van der Waals surface area contributed by atoms with Gasteiger partial charge in [0.05, 0.1) is 16.3 Å². The summed E-state index contributed by atoms with van der Waals surface area (Å²) in [6.07, 6.45) is 4.47. The summed E-state index contributed by atoms with van der Waals surface area (Å²) < 4.78 is 0. The first-order valence-electron chi connectivity index (χ1n) is 5.11. The van der Waals surface area contributed by atoms with Crippen molar-refractivity contribution >= 4 is 34.8 Å². The average Bonchev–Trinajstić information content (AvgIpc) is 2.34. The molecule has 0 bridgehead atoms. The van der Waals surface area contributed by atoms with Crippen molar-refractivity contribution in [3.63, 3.8) is 0 Å². The van der Waals surface area contributed by atoms with Gasteiger partial charge in [-0.15, -0.1) is 0 Å². The molecule has 0 aliphatic rings. The average molecular weight is 282 g/mol. The Morgan fingerprint density at radius 1 is 1.33 bits per heavy atom. The molecule has 0 saturated heterocycles. The molecular formula is C12H9Cl2N3O. The van der Waals surface area contributed by atoms with Crippen molar-refractivity contribution in [1.82, 2.24) is 9.97 Å². The fourth-order valence-corrected chi connectivity index (χ4v) is 1.82. The third kappa shape index (κ3) is 2.78. The van der Waals surface area contributed by atoms with Crippen LogP contribution in [-0.2, 0) is 0 Å². The number of hydrogen-bond donors (Lipinski definition) is 1. The third-order valence-electron chi connectivity index (χ3n) is 2.32. The van der Waals surface area contributed by atoms with Gasteiger partial charge in [0.15, 0.2) is 5.15 Å². The summed E-state index contributed by atoms with van der Waals surface area (Å²) in [4.78, 5) is 19.7. The van der Waals surface area contributed by atoms with E-state index in [9.17, 15) is 4.79 Å². The zero-order chi connectivity index (χ0) is 13.1. The van der Waals surface area contributed by atoms with Crippen LogP contribution in [0.4, 0.5) is 5.69 Å². The topological polar surface area (TPSA) is 54.9 Å². The number of carbonyl (C=O) groups is 1. The van der Waals surface area contributed by atoms with E-state index in [2.05, 4.69) is 15.3 Å². The van der Waals surface area contributed by atoms with E-state index in [4.69, 9.17) is 23.2 Å². The minimum Gasteiger partial charge on any atom is -0.319 e. The van der Waals surface area contributed by atoms with Gasteiger partial charge in [0.25, 0.3) is 5.91 Å². The van der Waals surface area contributed by atoms with Crippen LogP contribution in [0.1, 0.15) is 15.9 Å².